The molecule has 0 radical (unpaired) electrons. The van der Waals surface area contributed by atoms with Crippen LogP contribution in [0.4, 0.5) is 11.5 Å². The first kappa shape index (κ1) is 14.2. The molecule has 6 nitrogen and oxygen atoms in total. The smallest absolute Gasteiger partial charge is 0.270 e. The number of nitrogens with one attached hydrogen (secondary N) is 1. The third-order valence-corrected chi connectivity index (χ3v) is 3.34. The van der Waals surface area contributed by atoms with Gasteiger partial charge in [-0.15, -0.1) is 0 Å². The van der Waals surface area contributed by atoms with E-state index < -0.39 is 4.92 Å². The predicted octanol–water partition coefficient (Wildman–Crippen LogP) is 2.51. The molecule has 2 aromatic rings. The van der Waals surface area contributed by atoms with E-state index in [0.717, 1.165) is 23.3 Å². The van der Waals surface area contributed by atoms with Gasteiger partial charge < -0.3 is 10.2 Å². The highest BCUT2D eigenvalue weighted by Crippen LogP contribution is 2.21. The van der Waals surface area contributed by atoms with Gasteiger partial charge in [-0.05, 0) is 39.2 Å². The van der Waals surface area contributed by atoms with Crippen LogP contribution in [0.1, 0.15) is 6.92 Å². The third-order valence-electron chi connectivity index (χ3n) is 3.34. The van der Waals surface area contributed by atoms with E-state index in [4.69, 9.17) is 0 Å². The number of hydrogen-bond donors (Lipinski definition) is 1. The van der Waals surface area contributed by atoms with Crippen LogP contribution in [0.2, 0.25) is 0 Å². The van der Waals surface area contributed by atoms with E-state index in [0.29, 0.717) is 6.04 Å². The number of benzene rings is 1. The number of rotatable bonds is 5. The van der Waals surface area contributed by atoms with Crippen LogP contribution in [0.3, 0.4) is 0 Å². The number of anilines is 1. The molecule has 0 aliphatic rings. The molecular formula is C14H18N4O2. The van der Waals surface area contributed by atoms with Crippen LogP contribution in [-0.2, 0) is 0 Å². The van der Waals surface area contributed by atoms with Crippen LogP contribution < -0.4 is 5.32 Å². The Balaban J connectivity index is 2.17. The van der Waals surface area contributed by atoms with Gasteiger partial charge in [-0.2, -0.15) is 0 Å². The predicted molar refractivity (Wildman–Crippen MR) is 80.0 cm³/mol. The number of nitro benzene ring substituents is 1. The summed E-state index contributed by atoms with van der Waals surface area (Å²) in [5.41, 5.74) is 0.833. The van der Waals surface area contributed by atoms with E-state index >= 15 is 0 Å². The summed E-state index contributed by atoms with van der Waals surface area (Å²) >= 11 is 0. The van der Waals surface area contributed by atoms with Gasteiger partial charge in [-0.1, -0.05) is 0 Å². The summed E-state index contributed by atoms with van der Waals surface area (Å²) in [6.45, 7) is 2.91. The third kappa shape index (κ3) is 3.21. The molecule has 0 aliphatic heterocycles. The molecule has 0 saturated heterocycles. The van der Waals surface area contributed by atoms with Crippen molar-refractivity contribution in [2.75, 3.05) is 26.0 Å². The Hall–Kier alpha value is -2.21. The number of nitro groups is 1. The molecule has 2 rings (SSSR count). The van der Waals surface area contributed by atoms with Gasteiger partial charge in [-0.25, -0.2) is 4.98 Å². The molecule has 1 N–H and O–H groups in total. The van der Waals surface area contributed by atoms with Crippen LogP contribution in [0.5, 0.6) is 0 Å². The van der Waals surface area contributed by atoms with Gasteiger partial charge in [0, 0.05) is 30.1 Å². The molecule has 6 heteroatoms. The van der Waals surface area contributed by atoms with Gasteiger partial charge in [-0.3, -0.25) is 10.1 Å². The fourth-order valence-corrected chi connectivity index (χ4v) is 1.76. The first-order valence-corrected chi connectivity index (χ1v) is 6.43. The summed E-state index contributed by atoms with van der Waals surface area (Å²) in [7, 11) is 4.05. The Morgan fingerprint density at radius 1 is 1.35 bits per heavy atom. The number of fused-ring (bicyclic) bond motifs is 1. The van der Waals surface area contributed by atoms with Crippen LogP contribution >= 0.6 is 0 Å². The highest BCUT2D eigenvalue weighted by molar-refractivity contribution is 5.82. The minimum absolute atomic E-state index is 0.0845. The summed E-state index contributed by atoms with van der Waals surface area (Å²) in [6, 6.07) is 8.76. The second kappa shape index (κ2) is 5.83. The van der Waals surface area contributed by atoms with E-state index in [1.807, 2.05) is 26.2 Å². The molecule has 0 spiro atoms. The monoisotopic (exact) mass is 274 g/mol. The highest BCUT2D eigenvalue weighted by atomic mass is 16.6. The van der Waals surface area contributed by atoms with Crippen molar-refractivity contribution in [1.82, 2.24) is 9.88 Å². The summed E-state index contributed by atoms with van der Waals surface area (Å²) in [6.07, 6.45) is 0. The van der Waals surface area contributed by atoms with Crippen molar-refractivity contribution in [3.8, 4) is 0 Å². The largest absolute Gasteiger partial charge is 0.368 e. The van der Waals surface area contributed by atoms with Gasteiger partial charge in [0.15, 0.2) is 0 Å². The van der Waals surface area contributed by atoms with Gasteiger partial charge in [0.2, 0.25) is 0 Å². The fraction of sp³-hybridized carbons (Fsp3) is 0.357. The molecule has 1 aromatic heterocycles. The Kier molecular flexibility index (Phi) is 4.14. The van der Waals surface area contributed by atoms with E-state index in [-0.39, 0.29) is 5.69 Å². The second-order valence-corrected chi connectivity index (χ2v) is 5.02. The lowest BCUT2D eigenvalue weighted by molar-refractivity contribution is -0.384. The molecule has 1 atom stereocenters. The van der Waals surface area contributed by atoms with Gasteiger partial charge in [0.25, 0.3) is 5.69 Å². The maximum atomic E-state index is 10.7. The van der Waals surface area contributed by atoms with Crippen molar-refractivity contribution >= 4 is 22.4 Å². The van der Waals surface area contributed by atoms with Crippen molar-refractivity contribution in [3.63, 3.8) is 0 Å². The minimum Gasteiger partial charge on any atom is -0.368 e. The van der Waals surface area contributed by atoms with Crippen molar-refractivity contribution < 1.29 is 4.92 Å². The summed E-state index contributed by atoms with van der Waals surface area (Å²) in [5, 5.41) is 14.8. The van der Waals surface area contributed by atoms with Crippen molar-refractivity contribution in [2.24, 2.45) is 0 Å². The second-order valence-electron chi connectivity index (χ2n) is 5.02. The highest BCUT2D eigenvalue weighted by Gasteiger charge is 2.08. The number of nitrogens with zero attached hydrogens (tertiary/aromatic N) is 3. The lowest BCUT2D eigenvalue weighted by Crippen LogP contribution is -2.31. The molecule has 0 fully saturated rings. The summed E-state index contributed by atoms with van der Waals surface area (Å²) in [4.78, 5) is 16.9. The topological polar surface area (TPSA) is 71.3 Å². The van der Waals surface area contributed by atoms with Gasteiger partial charge in [0.1, 0.15) is 5.82 Å². The van der Waals surface area contributed by atoms with Crippen molar-refractivity contribution in [3.05, 3.63) is 40.4 Å². The first-order valence-electron chi connectivity index (χ1n) is 6.43. The standard InChI is InChI=1S/C14H18N4O2/c1-10(17(2)3)9-15-14-7-4-11-8-12(18(19)20)5-6-13(11)16-14/h4-8,10H,9H2,1-3H3,(H,15,16). The molecule has 20 heavy (non-hydrogen) atoms. The zero-order chi connectivity index (χ0) is 14.7. The van der Waals surface area contributed by atoms with Crippen molar-refractivity contribution in [1.29, 1.82) is 0 Å². The minimum atomic E-state index is -0.398. The average Bonchev–Trinajstić information content (AvgIpc) is 2.43. The molecule has 1 heterocycles. The van der Waals surface area contributed by atoms with E-state index in [1.165, 1.54) is 12.1 Å². The number of pyridine rings is 1. The van der Waals surface area contributed by atoms with E-state index in [2.05, 4.69) is 22.1 Å². The average molecular weight is 274 g/mol. The van der Waals surface area contributed by atoms with Crippen LogP contribution in [0, 0.1) is 10.1 Å². The quantitative estimate of drug-likeness (QED) is 0.670. The van der Waals surface area contributed by atoms with E-state index in [9.17, 15) is 10.1 Å². The van der Waals surface area contributed by atoms with Gasteiger partial charge >= 0.3 is 0 Å². The van der Waals surface area contributed by atoms with Crippen LogP contribution in [-0.4, -0.2) is 41.5 Å². The molecule has 0 aliphatic carbocycles. The molecule has 1 aromatic carbocycles. The van der Waals surface area contributed by atoms with Crippen LogP contribution in [0.15, 0.2) is 30.3 Å². The Labute approximate surface area is 117 Å². The molecule has 0 amide bonds. The molecule has 106 valence electrons. The zero-order valence-electron chi connectivity index (χ0n) is 11.8. The number of non-ortho nitro benzene ring substituents is 1. The Morgan fingerprint density at radius 3 is 2.75 bits per heavy atom. The maximum absolute atomic E-state index is 10.7. The maximum Gasteiger partial charge on any atom is 0.270 e. The molecule has 1 unspecified atom stereocenters. The SMILES string of the molecule is CC(CNc1ccc2cc([N+](=O)[O-])ccc2n1)N(C)C. The normalized spacial score (nSPS) is 12.6. The number of likely N-dealkylation sites (N-methyl/N-ethyl adjacent to an activating group) is 1. The first-order chi connectivity index (χ1) is 9.47. The zero-order valence-corrected chi connectivity index (χ0v) is 11.8. The van der Waals surface area contributed by atoms with Crippen LogP contribution in [0.25, 0.3) is 10.9 Å². The Bertz CT molecular complexity index is 628. The van der Waals surface area contributed by atoms with Gasteiger partial charge in [0.05, 0.1) is 10.4 Å². The molecule has 0 saturated carbocycles. The van der Waals surface area contributed by atoms with E-state index in [1.54, 1.807) is 6.07 Å². The lowest BCUT2D eigenvalue weighted by Gasteiger charge is -2.20. The summed E-state index contributed by atoms with van der Waals surface area (Å²) in [5.74, 6) is 0.778. The number of hydrogen-bond acceptors (Lipinski definition) is 5. The lowest BCUT2D eigenvalue weighted by atomic mass is 10.2. The molecule has 0 bridgehead atoms. The number of aromatic nitrogens is 1. The summed E-state index contributed by atoms with van der Waals surface area (Å²) < 4.78 is 0. The fourth-order valence-electron chi connectivity index (χ4n) is 1.76. The van der Waals surface area contributed by atoms with Crippen molar-refractivity contribution in [2.45, 2.75) is 13.0 Å². The molecular weight excluding hydrogens is 256 g/mol. The Morgan fingerprint density at radius 2 is 2.10 bits per heavy atom.